The third kappa shape index (κ3) is 2.83. The van der Waals surface area contributed by atoms with E-state index in [0.717, 1.165) is 22.9 Å². The van der Waals surface area contributed by atoms with Gasteiger partial charge in [-0.05, 0) is 42.1 Å². The van der Waals surface area contributed by atoms with Crippen LogP contribution >= 0.6 is 22.9 Å². The Balaban J connectivity index is 1.93. The molecule has 8 heteroatoms. The first-order valence-corrected chi connectivity index (χ1v) is 9.00. The first-order chi connectivity index (χ1) is 12.0. The van der Waals surface area contributed by atoms with E-state index in [9.17, 15) is 14.3 Å². The van der Waals surface area contributed by atoms with Crippen molar-refractivity contribution < 1.29 is 14.3 Å². The van der Waals surface area contributed by atoms with E-state index in [1.54, 1.807) is 17.0 Å². The molecular formula is C17H13ClFN3O2S. The second kappa shape index (κ2) is 6.24. The van der Waals surface area contributed by atoms with Gasteiger partial charge in [-0.3, -0.25) is 0 Å². The minimum absolute atomic E-state index is 0.0889. The first-order valence-electron chi connectivity index (χ1n) is 7.74. The number of carboxylic acids is 1. The Morgan fingerprint density at radius 3 is 2.80 bits per heavy atom. The average molecular weight is 378 g/mol. The van der Waals surface area contributed by atoms with Crippen molar-refractivity contribution in [3.8, 4) is 11.1 Å². The largest absolute Gasteiger partial charge is 0.480 e. The molecule has 1 aliphatic heterocycles. The zero-order valence-electron chi connectivity index (χ0n) is 12.9. The lowest BCUT2D eigenvalue weighted by molar-refractivity contribution is -0.138. The fourth-order valence-electron chi connectivity index (χ4n) is 3.22. The van der Waals surface area contributed by atoms with Crippen LogP contribution in [0.15, 0.2) is 29.6 Å². The molecule has 0 radical (unpaired) electrons. The highest BCUT2D eigenvalue weighted by Crippen LogP contribution is 2.40. The Morgan fingerprint density at radius 1 is 1.32 bits per heavy atom. The number of benzene rings is 1. The maximum Gasteiger partial charge on any atom is 0.326 e. The summed E-state index contributed by atoms with van der Waals surface area (Å²) in [4.78, 5) is 22.6. The van der Waals surface area contributed by atoms with E-state index >= 15 is 0 Å². The van der Waals surface area contributed by atoms with E-state index in [1.165, 1.54) is 23.5 Å². The molecule has 1 unspecified atom stereocenters. The number of nitrogens with zero attached hydrogens (tertiary/aromatic N) is 3. The molecule has 0 bridgehead atoms. The van der Waals surface area contributed by atoms with Gasteiger partial charge in [0.15, 0.2) is 0 Å². The predicted molar refractivity (Wildman–Crippen MR) is 95.8 cm³/mol. The Kier molecular flexibility index (Phi) is 4.05. The molecule has 1 aromatic carbocycles. The molecule has 4 rings (SSSR count). The summed E-state index contributed by atoms with van der Waals surface area (Å²) < 4.78 is 13.2. The lowest BCUT2D eigenvalue weighted by Gasteiger charge is -2.23. The van der Waals surface area contributed by atoms with Crippen molar-refractivity contribution >= 4 is 44.9 Å². The van der Waals surface area contributed by atoms with Crippen molar-refractivity contribution in [1.82, 2.24) is 9.97 Å². The van der Waals surface area contributed by atoms with Gasteiger partial charge in [-0.2, -0.15) is 4.98 Å². The summed E-state index contributed by atoms with van der Waals surface area (Å²) in [7, 11) is 0. The summed E-state index contributed by atoms with van der Waals surface area (Å²) >= 11 is 7.47. The fourth-order valence-corrected chi connectivity index (χ4v) is 4.38. The lowest BCUT2D eigenvalue weighted by Crippen LogP contribution is -2.36. The molecule has 25 heavy (non-hydrogen) atoms. The van der Waals surface area contributed by atoms with Crippen molar-refractivity contribution in [2.24, 2.45) is 0 Å². The number of rotatable bonds is 3. The van der Waals surface area contributed by atoms with Gasteiger partial charge in [-0.1, -0.05) is 12.1 Å². The second-order valence-corrected chi connectivity index (χ2v) is 7.04. The molecule has 1 N–H and O–H groups in total. The van der Waals surface area contributed by atoms with E-state index in [-0.39, 0.29) is 11.1 Å². The van der Waals surface area contributed by atoms with Crippen molar-refractivity contribution in [2.75, 3.05) is 11.4 Å². The van der Waals surface area contributed by atoms with Gasteiger partial charge < -0.3 is 10.0 Å². The summed E-state index contributed by atoms with van der Waals surface area (Å²) in [5, 5.41) is 12.3. The quantitative estimate of drug-likeness (QED) is 0.693. The first kappa shape index (κ1) is 16.2. The van der Waals surface area contributed by atoms with Crippen molar-refractivity contribution in [3.63, 3.8) is 0 Å². The summed E-state index contributed by atoms with van der Waals surface area (Å²) in [6.07, 6.45) is 1.34. The zero-order chi connectivity index (χ0) is 17.6. The van der Waals surface area contributed by atoms with E-state index in [0.29, 0.717) is 23.6 Å². The topological polar surface area (TPSA) is 66.3 Å². The fraction of sp³-hybridized carbons (Fsp3) is 0.235. The van der Waals surface area contributed by atoms with E-state index < -0.39 is 12.0 Å². The lowest BCUT2D eigenvalue weighted by atomic mass is 10.1. The van der Waals surface area contributed by atoms with Crippen LogP contribution in [0.2, 0.25) is 5.28 Å². The van der Waals surface area contributed by atoms with Crippen LogP contribution in [0.4, 0.5) is 10.2 Å². The molecule has 0 spiro atoms. The molecule has 0 amide bonds. The summed E-state index contributed by atoms with van der Waals surface area (Å²) in [5.74, 6) is -0.660. The summed E-state index contributed by atoms with van der Waals surface area (Å²) in [6, 6.07) is 5.54. The maximum absolute atomic E-state index is 13.2. The van der Waals surface area contributed by atoms with E-state index in [4.69, 9.17) is 11.6 Å². The maximum atomic E-state index is 13.2. The normalized spacial score (nSPS) is 17.4. The molecule has 1 aliphatic rings. The third-order valence-electron chi connectivity index (χ3n) is 4.35. The molecule has 0 aliphatic carbocycles. The number of halogens is 2. The molecule has 1 atom stereocenters. The van der Waals surface area contributed by atoms with Gasteiger partial charge in [-0.15, -0.1) is 11.3 Å². The number of hydrogen-bond acceptors (Lipinski definition) is 5. The number of carboxylic acid groups (broad SMARTS) is 1. The number of fused-ring (bicyclic) bond motifs is 1. The van der Waals surface area contributed by atoms with Gasteiger partial charge in [0.2, 0.25) is 5.28 Å². The molecule has 5 nitrogen and oxygen atoms in total. The van der Waals surface area contributed by atoms with Crippen LogP contribution in [-0.4, -0.2) is 33.6 Å². The van der Waals surface area contributed by atoms with E-state index in [2.05, 4.69) is 9.97 Å². The van der Waals surface area contributed by atoms with Crippen LogP contribution < -0.4 is 4.90 Å². The molecule has 0 saturated carbocycles. The number of thiophene rings is 1. The number of aromatic nitrogens is 2. The van der Waals surface area contributed by atoms with Gasteiger partial charge in [0.05, 0.1) is 5.39 Å². The summed E-state index contributed by atoms with van der Waals surface area (Å²) in [6.45, 7) is 0.595. The molecule has 2 aromatic heterocycles. The monoisotopic (exact) mass is 377 g/mol. The SMILES string of the molecule is O=C(O)C1CCCN1c1nc(Cl)nc2scc(-c3ccc(F)cc3)c12. The van der Waals surface area contributed by atoms with Crippen LogP contribution in [0.5, 0.6) is 0 Å². The smallest absolute Gasteiger partial charge is 0.326 e. The summed E-state index contributed by atoms with van der Waals surface area (Å²) in [5.41, 5.74) is 1.67. The molecule has 128 valence electrons. The van der Waals surface area contributed by atoms with Gasteiger partial charge in [0.25, 0.3) is 0 Å². The Bertz CT molecular complexity index is 960. The van der Waals surface area contributed by atoms with Crippen LogP contribution in [0.25, 0.3) is 21.3 Å². The molecule has 3 heterocycles. The van der Waals surface area contributed by atoms with Gasteiger partial charge in [-0.25, -0.2) is 14.2 Å². The molecule has 1 fully saturated rings. The number of aliphatic carboxylic acids is 1. The van der Waals surface area contributed by atoms with Crippen molar-refractivity contribution in [3.05, 3.63) is 40.7 Å². The number of hydrogen-bond donors (Lipinski definition) is 1. The van der Waals surface area contributed by atoms with Crippen molar-refractivity contribution in [1.29, 1.82) is 0 Å². The molecule has 1 saturated heterocycles. The van der Waals surface area contributed by atoms with Crippen LogP contribution in [0.3, 0.4) is 0 Å². The Labute approximate surface area is 151 Å². The van der Waals surface area contributed by atoms with Crippen LogP contribution in [-0.2, 0) is 4.79 Å². The van der Waals surface area contributed by atoms with Gasteiger partial charge in [0.1, 0.15) is 22.5 Å². The highest BCUT2D eigenvalue weighted by molar-refractivity contribution is 7.17. The highest BCUT2D eigenvalue weighted by Gasteiger charge is 2.33. The minimum Gasteiger partial charge on any atom is -0.480 e. The minimum atomic E-state index is -0.876. The third-order valence-corrected chi connectivity index (χ3v) is 5.39. The predicted octanol–water partition coefficient (Wildman–Crippen LogP) is 4.20. The highest BCUT2D eigenvalue weighted by atomic mass is 35.5. The standard InChI is InChI=1S/C17H13ClFN3O2S/c18-17-20-14(22-7-1-2-12(22)16(23)24)13-11(8-25-15(13)21-17)9-3-5-10(19)6-4-9/h3-6,8,12H,1-2,7H2,(H,23,24). The zero-order valence-corrected chi connectivity index (χ0v) is 14.5. The molecular weight excluding hydrogens is 365 g/mol. The average Bonchev–Trinajstić information content (AvgIpc) is 3.21. The van der Waals surface area contributed by atoms with Crippen LogP contribution in [0, 0.1) is 5.82 Å². The van der Waals surface area contributed by atoms with Gasteiger partial charge >= 0.3 is 5.97 Å². The second-order valence-electron chi connectivity index (χ2n) is 5.84. The Morgan fingerprint density at radius 2 is 2.08 bits per heavy atom. The van der Waals surface area contributed by atoms with Gasteiger partial charge in [0, 0.05) is 17.5 Å². The Hall–Kier alpha value is -2.25. The number of carbonyl (C=O) groups is 1. The number of anilines is 1. The van der Waals surface area contributed by atoms with Crippen LogP contribution in [0.1, 0.15) is 12.8 Å². The van der Waals surface area contributed by atoms with E-state index in [1.807, 2.05) is 5.38 Å². The molecule has 3 aromatic rings. The van der Waals surface area contributed by atoms with Crippen molar-refractivity contribution in [2.45, 2.75) is 18.9 Å².